The fraction of sp³-hybridized carbons (Fsp3) is 0.409. The number of carbonyl (C=O) groups is 2. The van der Waals surface area contributed by atoms with Crippen LogP contribution in [0.2, 0.25) is 0 Å². The summed E-state index contributed by atoms with van der Waals surface area (Å²) in [5.74, 6) is -0.937. The lowest BCUT2D eigenvalue weighted by molar-refractivity contribution is -0.174. The number of hydrogen-bond donors (Lipinski definition) is 3. The van der Waals surface area contributed by atoms with Gasteiger partial charge in [-0.25, -0.2) is 4.68 Å². The van der Waals surface area contributed by atoms with E-state index in [1.54, 1.807) is 12.1 Å². The molecule has 3 aromatic rings. The zero-order valence-corrected chi connectivity index (χ0v) is 18.8. The van der Waals surface area contributed by atoms with Crippen molar-refractivity contribution in [3.8, 4) is 0 Å². The predicted octanol–water partition coefficient (Wildman–Crippen LogP) is 4.82. The van der Waals surface area contributed by atoms with Gasteiger partial charge in [0.1, 0.15) is 16.6 Å². The maximum Gasteiger partial charge on any atom is 0.410 e. The molecule has 0 saturated heterocycles. The molecular weight excluding hydrogens is 471 g/mol. The summed E-state index contributed by atoms with van der Waals surface area (Å²) in [5.41, 5.74) is 6.55. The second kappa shape index (κ2) is 8.49. The number of fused-ring (bicyclic) bond motifs is 2. The number of carbonyl (C=O) groups excluding carboxylic acids is 2. The summed E-state index contributed by atoms with van der Waals surface area (Å²) < 4.78 is 47.6. The van der Waals surface area contributed by atoms with Crippen molar-refractivity contribution in [1.82, 2.24) is 9.78 Å². The molecule has 0 aromatic carbocycles. The van der Waals surface area contributed by atoms with Crippen molar-refractivity contribution in [2.45, 2.75) is 56.8 Å². The van der Waals surface area contributed by atoms with Gasteiger partial charge in [0.25, 0.3) is 11.8 Å². The van der Waals surface area contributed by atoms with E-state index in [-0.39, 0.29) is 23.5 Å². The van der Waals surface area contributed by atoms with E-state index >= 15 is 0 Å². The smallest absolute Gasteiger partial charge is 0.410 e. The highest BCUT2D eigenvalue weighted by Crippen LogP contribution is 2.44. The molecule has 4 heterocycles. The molecule has 2 aliphatic rings. The van der Waals surface area contributed by atoms with Crippen molar-refractivity contribution in [3.63, 3.8) is 0 Å². The number of rotatable bonds is 4. The normalized spacial score (nSPS) is 20.1. The van der Waals surface area contributed by atoms with Crippen LogP contribution in [-0.2, 0) is 12.8 Å². The highest BCUT2D eigenvalue weighted by molar-refractivity contribution is 7.17. The number of nitrogens with zero attached hydrogens (tertiary/aromatic N) is 2. The molecular formula is C22H22F3N5O3S. The Morgan fingerprint density at radius 3 is 2.76 bits per heavy atom. The second-order valence-corrected chi connectivity index (χ2v) is 9.56. The van der Waals surface area contributed by atoms with E-state index in [1.165, 1.54) is 23.7 Å². The first-order chi connectivity index (χ1) is 16.2. The van der Waals surface area contributed by atoms with Crippen LogP contribution in [0.4, 0.5) is 24.0 Å². The van der Waals surface area contributed by atoms with Crippen molar-refractivity contribution in [3.05, 3.63) is 51.9 Å². The van der Waals surface area contributed by atoms with Gasteiger partial charge in [0.05, 0.1) is 17.9 Å². The molecule has 1 aliphatic heterocycles. The molecule has 4 N–H and O–H groups in total. The van der Waals surface area contributed by atoms with Crippen molar-refractivity contribution in [2.24, 2.45) is 5.73 Å². The van der Waals surface area contributed by atoms with Gasteiger partial charge in [-0.1, -0.05) is 6.42 Å². The Bertz CT molecular complexity index is 1230. The molecule has 180 valence electrons. The van der Waals surface area contributed by atoms with E-state index in [0.29, 0.717) is 17.2 Å². The lowest BCUT2D eigenvalue weighted by Crippen LogP contribution is -2.35. The predicted molar refractivity (Wildman–Crippen MR) is 119 cm³/mol. The topological polar surface area (TPSA) is 115 Å². The van der Waals surface area contributed by atoms with Crippen LogP contribution in [0.3, 0.4) is 0 Å². The third-order valence-electron chi connectivity index (χ3n) is 6.20. The Balaban J connectivity index is 1.45. The van der Waals surface area contributed by atoms with Gasteiger partial charge in [-0.3, -0.25) is 9.59 Å². The molecule has 0 saturated carbocycles. The number of furan rings is 1. The minimum Gasteiger partial charge on any atom is -0.467 e. The first-order valence-electron chi connectivity index (χ1n) is 10.9. The van der Waals surface area contributed by atoms with Crippen LogP contribution in [0.5, 0.6) is 0 Å². The number of aryl methyl sites for hydroxylation is 1. The monoisotopic (exact) mass is 493 g/mol. The third-order valence-corrected chi connectivity index (χ3v) is 7.41. The largest absolute Gasteiger partial charge is 0.467 e. The van der Waals surface area contributed by atoms with Crippen LogP contribution in [0.25, 0.3) is 0 Å². The number of nitrogens with two attached hydrogens (primary N) is 1. The fourth-order valence-electron chi connectivity index (χ4n) is 4.62. The highest BCUT2D eigenvalue weighted by Gasteiger charge is 2.47. The molecule has 2 atom stereocenters. The number of hydrogen-bond acceptors (Lipinski definition) is 6. The molecule has 0 fully saturated rings. The van der Waals surface area contributed by atoms with E-state index in [4.69, 9.17) is 10.2 Å². The minimum absolute atomic E-state index is 0.0530. The van der Waals surface area contributed by atoms with Crippen molar-refractivity contribution >= 4 is 34.0 Å². The van der Waals surface area contributed by atoms with Crippen LogP contribution in [0.1, 0.15) is 74.8 Å². The van der Waals surface area contributed by atoms with Gasteiger partial charge in [-0.05, 0) is 43.4 Å². The van der Waals surface area contributed by atoms with Gasteiger partial charge in [-0.2, -0.15) is 18.3 Å². The molecule has 12 heteroatoms. The molecule has 3 aromatic heterocycles. The van der Waals surface area contributed by atoms with E-state index in [2.05, 4.69) is 15.7 Å². The molecule has 34 heavy (non-hydrogen) atoms. The molecule has 0 spiro atoms. The Kier molecular flexibility index (Phi) is 5.62. The molecule has 1 aliphatic carbocycles. The van der Waals surface area contributed by atoms with E-state index < -0.39 is 30.1 Å². The van der Waals surface area contributed by atoms with Crippen molar-refractivity contribution in [1.29, 1.82) is 0 Å². The van der Waals surface area contributed by atoms with Gasteiger partial charge < -0.3 is 20.8 Å². The van der Waals surface area contributed by atoms with Gasteiger partial charge in [0.15, 0.2) is 11.7 Å². The van der Waals surface area contributed by atoms with E-state index in [0.717, 1.165) is 40.8 Å². The average molecular weight is 494 g/mol. The SMILES string of the molecule is NC(=O)c1c(NC(=O)c2cc3n(n2)[C@@H](C(F)(F)F)C[C@@H](c2ccco2)N3)sc2c1CCCCC2. The zero-order valence-electron chi connectivity index (χ0n) is 17.9. The van der Waals surface area contributed by atoms with Crippen molar-refractivity contribution < 1.29 is 27.2 Å². The molecule has 2 amide bonds. The van der Waals surface area contributed by atoms with Crippen LogP contribution >= 0.6 is 11.3 Å². The van der Waals surface area contributed by atoms with Crippen LogP contribution < -0.4 is 16.4 Å². The summed E-state index contributed by atoms with van der Waals surface area (Å²) >= 11 is 1.29. The number of aromatic nitrogens is 2. The summed E-state index contributed by atoms with van der Waals surface area (Å²) in [6.45, 7) is 0. The van der Waals surface area contributed by atoms with Gasteiger partial charge in [-0.15, -0.1) is 11.3 Å². The summed E-state index contributed by atoms with van der Waals surface area (Å²) in [7, 11) is 0. The van der Waals surface area contributed by atoms with Crippen LogP contribution in [0.15, 0.2) is 28.9 Å². The summed E-state index contributed by atoms with van der Waals surface area (Å²) in [6, 6.07) is 1.81. The molecule has 0 unspecified atom stereocenters. The summed E-state index contributed by atoms with van der Waals surface area (Å²) in [4.78, 5) is 26.2. The Morgan fingerprint density at radius 2 is 2.06 bits per heavy atom. The van der Waals surface area contributed by atoms with E-state index in [9.17, 15) is 22.8 Å². The van der Waals surface area contributed by atoms with Crippen LogP contribution in [0, 0.1) is 0 Å². The highest BCUT2D eigenvalue weighted by atomic mass is 32.1. The summed E-state index contributed by atoms with van der Waals surface area (Å²) in [5, 5.41) is 9.91. The average Bonchev–Trinajstić information content (AvgIpc) is 3.48. The van der Waals surface area contributed by atoms with Crippen LogP contribution in [-0.4, -0.2) is 27.8 Å². The van der Waals surface area contributed by atoms with Gasteiger partial charge >= 0.3 is 6.18 Å². The first-order valence-corrected chi connectivity index (χ1v) is 11.8. The Morgan fingerprint density at radius 1 is 1.26 bits per heavy atom. The van der Waals surface area contributed by atoms with E-state index in [1.807, 2.05) is 0 Å². The zero-order chi connectivity index (χ0) is 24.0. The Labute approximate surface area is 196 Å². The second-order valence-electron chi connectivity index (χ2n) is 8.45. The Hall–Kier alpha value is -3.28. The number of nitrogens with one attached hydrogen (secondary N) is 2. The molecule has 0 radical (unpaired) electrons. The van der Waals surface area contributed by atoms with Gasteiger partial charge in [0, 0.05) is 17.4 Å². The third kappa shape index (κ3) is 4.06. The molecule has 0 bridgehead atoms. The quantitative estimate of drug-likeness (QED) is 0.451. The molecule has 8 nitrogen and oxygen atoms in total. The number of thiophene rings is 1. The number of anilines is 2. The fourth-order valence-corrected chi connectivity index (χ4v) is 5.91. The first kappa shape index (κ1) is 22.5. The standard InChI is InChI=1S/C22H22F3N5O3S/c23-22(24,25)16-9-12(14-6-4-8-33-14)27-17-10-13(29-30(16)17)20(32)28-21-18(19(26)31)11-5-2-1-3-7-15(11)34-21/h4,6,8,10,12,16,27H,1-3,5,7,9H2,(H2,26,31)(H,28,32)/t12-,16+/m0/s1. The lowest BCUT2D eigenvalue weighted by atomic mass is 10.0. The van der Waals surface area contributed by atoms with Gasteiger partial charge in [0.2, 0.25) is 0 Å². The molecule has 5 rings (SSSR count). The minimum atomic E-state index is -4.58. The lowest BCUT2D eigenvalue weighted by Gasteiger charge is -2.32. The maximum atomic E-state index is 13.8. The maximum absolute atomic E-state index is 13.8. The number of halogens is 3. The number of amides is 2. The number of alkyl halides is 3. The summed E-state index contributed by atoms with van der Waals surface area (Å²) in [6.07, 6.45) is 0.921. The van der Waals surface area contributed by atoms with Crippen molar-refractivity contribution in [2.75, 3.05) is 10.6 Å². The number of primary amides is 1.